The van der Waals surface area contributed by atoms with Crippen LogP contribution in [0.4, 0.5) is 0 Å². The summed E-state index contributed by atoms with van der Waals surface area (Å²) < 4.78 is 11.7. The van der Waals surface area contributed by atoms with Crippen molar-refractivity contribution in [3.05, 3.63) is 28.2 Å². The molecule has 0 saturated heterocycles. The maximum atomic E-state index is 11.8. The SMILES string of the molecule is CCOCCCNC(=NCc1cc(Br)ccc1OC)NCC(=O)N(C)C. The van der Waals surface area contributed by atoms with E-state index in [4.69, 9.17) is 9.47 Å². The van der Waals surface area contributed by atoms with Gasteiger partial charge in [0.1, 0.15) is 5.75 Å². The molecule has 0 bridgehead atoms. The average Bonchev–Trinajstić information content (AvgIpc) is 2.62. The lowest BCUT2D eigenvalue weighted by molar-refractivity contribution is -0.127. The van der Waals surface area contributed by atoms with Crippen LogP contribution in [0.25, 0.3) is 0 Å². The minimum atomic E-state index is -0.0196. The number of methoxy groups -OCH3 is 1. The Kier molecular flexibility index (Phi) is 10.7. The van der Waals surface area contributed by atoms with Crippen LogP contribution >= 0.6 is 15.9 Å². The van der Waals surface area contributed by atoms with Crippen LogP contribution < -0.4 is 15.4 Å². The smallest absolute Gasteiger partial charge is 0.241 e. The summed E-state index contributed by atoms with van der Waals surface area (Å²) >= 11 is 3.46. The lowest BCUT2D eigenvalue weighted by atomic mass is 10.2. The van der Waals surface area contributed by atoms with E-state index in [0.29, 0.717) is 32.3 Å². The van der Waals surface area contributed by atoms with Gasteiger partial charge in [-0.2, -0.15) is 0 Å². The molecule has 8 heteroatoms. The molecule has 0 aliphatic carbocycles. The van der Waals surface area contributed by atoms with Gasteiger partial charge >= 0.3 is 0 Å². The molecule has 0 aliphatic heterocycles. The molecule has 146 valence electrons. The summed E-state index contributed by atoms with van der Waals surface area (Å²) in [5.41, 5.74) is 0.955. The Morgan fingerprint density at radius 1 is 1.31 bits per heavy atom. The zero-order valence-electron chi connectivity index (χ0n) is 16.0. The third-order valence-corrected chi connectivity index (χ3v) is 4.01. The Hall–Kier alpha value is -1.80. The zero-order valence-corrected chi connectivity index (χ0v) is 17.6. The highest BCUT2D eigenvalue weighted by Gasteiger charge is 2.07. The molecule has 1 rings (SSSR count). The number of amides is 1. The van der Waals surface area contributed by atoms with Gasteiger partial charge in [0.15, 0.2) is 5.96 Å². The van der Waals surface area contributed by atoms with Crippen LogP contribution in [-0.4, -0.2) is 64.3 Å². The predicted octanol–water partition coefficient (Wildman–Crippen LogP) is 2.01. The van der Waals surface area contributed by atoms with Gasteiger partial charge in [-0.15, -0.1) is 0 Å². The van der Waals surface area contributed by atoms with Crippen molar-refractivity contribution in [1.29, 1.82) is 0 Å². The summed E-state index contributed by atoms with van der Waals surface area (Å²) in [6, 6.07) is 5.79. The molecule has 0 heterocycles. The highest BCUT2D eigenvalue weighted by atomic mass is 79.9. The minimum Gasteiger partial charge on any atom is -0.496 e. The molecule has 26 heavy (non-hydrogen) atoms. The molecule has 1 aromatic carbocycles. The van der Waals surface area contributed by atoms with Gasteiger partial charge in [-0.25, -0.2) is 4.99 Å². The molecule has 0 unspecified atom stereocenters. The molecule has 7 nitrogen and oxygen atoms in total. The van der Waals surface area contributed by atoms with Crippen molar-refractivity contribution in [2.24, 2.45) is 4.99 Å². The van der Waals surface area contributed by atoms with Crippen LogP contribution in [-0.2, 0) is 16.1 Å². The Morgan fingerprint density at radius 3 is 2.73 bits per heavy atom. The van der Waals surface area contributed by atoms with Crippen molar-refractivity contribution in [2.45, 2.75) is 19.9 Å². The highest BCUT2D eigenvalue weighted by Crippen LogP contribution is 2.23. The fraction of sp³-hybridized carbons (Fsp3) is 0.556. The highest BCUT2D eigenvalue weighted by molar-refractivity contribution is 9.10. The van der Waals surface area contributed by atoms with Gasteiger partial charge in [-0.05, 0) is 31.5 Å². The Bertz CT molecular complexity index is 594. The minimum absolute atomic E-state index is 0.0196. The van der Waals surface area contributed by atoms with Crippen LogP contribution in [0.1, 0.15) is 18.9 Å². The molecule has 0 saturated carbocycles. The van der Waals surface area contributed by atoms with E-state index in [1.807, 2.05) is 25.1 Å². The standard InChI is InChI=1S/C18H29BrN4O3/c1-5-26-10-6-9-20-18(22-13-17(24)23(2)3)21-12-14-11-15(19)7-8-16(14)25-4/h7-8,11H,5-6,9-10,12-13H2,1-4H3,(H2,20,21,22). The maximum Gasteiger partial charge on any atom is 0.241 e. The molecule has 1 amide bonds. The number of carbonyl (C=O) groups excluding carboxylic acids is 1. The first kappa shape index (κ1) is 22.2. The Balaban J connectivity index is 2.73. The second-order valence-corrected chi connectivity index (χ2v) is 6.66. The molecule has 0 aliphatic rings. The first-order valence-corrected chi connectivity index (χ1v) is 9.39. The van der Waals surface area contributed by atoms with Gasteiger partial charge in [0, 0.05) is 43.9 Å². The largest absolute Gasteiger partial charge is 0.496 e. The summed E-state index contributed by atoms with van der Waals surface area (Å²) in [6.45, 7) is 4.68. The summed E-state index contributed by atoms with van der Waals surface area (Å²) in [4.78, 5) is 17.9. The zero-order chi connectivity index (χ0) is 19.4. The second-order valence-electron chi connectivity index (χ2n) is 5.74. The third-order valence-electron chi connectivity index (χ3n) is 3.52. The predicted molar refractivity (Wildman–Crippen MR) is 108 cm³/mol. The number of carbonyl (C=O) groups is 1. The number of nitrogens with one attached hydrogen (secondary N) is 2. The number of hydrogen-bond acceptors (Lipinski definition) is 4. The number of guanidine groups is 1. The number of aliphatic imine (C=N–C) groups is 1. The number of likely N-dealkylation sites (N-methyl/N-ethyl adjacent to an activating group) is 1. The first-order valence-electron chi connectivity index (χ1n) is 8.60. The third kappa shape index (κ3) is 8.53. The van der Waals surface area contributed by atoms with E-state index in [-0.39, 0.29) is 12.5 Å². The van der Waals surface area contributed by atoms with Crippen molar-refractivity contribution in [3.63, 3.8) is 0 Å². The van der Waals surface area contributed by atoms with Crippen molar-refractivity contribution < 1.29 is 14.3 Å². The van der Waals surface area contributed by atoms with E-state index >= 15 is 0 Å². The number of hydrogen-bond donors (Lipinski definition) is 2. The number of halogens is 1. The molecule has 0 spiro atoms. The van der Waals surface area contributed by atoms with Crippen LogP contribution in [0, 0.1) is 0 Å². The van der Waals surface area contributed by atoms with Gasteiger partial charge in [0.05, 0.1) is 20.2 Å². The van der Waals surface area contributed by atoms with Crippen molar-refractivity contribution in [3.8, 4) is 5.75 Å². The van der Waals surface area contributed by atoms with Crippen LogP contribution in [0.3, 0.4) is 0 Å². The summed E-state index contributed by atoms with van der Waals surface area (Å²) in [5, 5.41) is 6.30. The van der Waals surface area contributed by atoms with E-state index in [0.717, 1.165) is 22.2 Å². The molecule has 0 fully saturated rings. The van der Waals surface area contributed by atoms with Gasteiger partial charge in [0.2, 0.25) is 5.91 Å². The first-order chi connectivity index (χ1) is 12.5. The molecule has 0 radical (unpaired) electrons. The van der Waals surface area contributed by atoms with E-state index in [1.165, 1.54) is 4.90 Å². The number of nitrogens with zero attached hydrogens (tertiary/aromatic N) is 2. The van der Waals surface area contributed by atoms with E-state index in [1.54, 1.807) is 21.2 Å². The molecule has 0 atom stereocenters. The van der Waals surface area contributed by atoms with Crippen molar-refractivity contribution in [2.75, 3.05) is 47.5 Å². The van der Waals surface area contributed by atoms with Gasteiger partial charge < -0.3 is 25.0 Å². The molecule has 1 aromatic rings. The van der Waals surface area contributed by atoms with Crippen LogP contribution in [0.2, 0.25) is 0 Å². The maximum absolute atomic E-state index is 11.8. The number of ether oxygens (including phenoxy) is 2. The Labute approximate surface area is 164 Å². The van der Waals surface area contributed by atoms with E-state index < -0.39 is 0 Å². The fourth-order valence-corrected chi connectivity index (χ4v) is 2.46. The van der Waals surface area contributed by atoms with Crippen LogP contribution in [0.5, 0.6) is 5.75 Å². The molecular formula is C18H29BrN4O3. The van der Waals surface area contributed by atoms with Crippen molar-refractivity contribution >= 4 is 27.8 Å². The Morgan fingerprint density at radius 2 is 2.08 bits per heavy atom. The van der Waals surface area contributed by atoms with Crippen molar-refractivity contribution in [1.82, 2.24) is 15.5 Å². The molecular weight excluding hydrogens is 400 g/mol. The van der Waals surface area contributed by atoms with Crippen LogP contribution in [0.15, 0.2) is 27.7 Å². The number of rotatable bonds is 10. The van der Waals surface area contributed by atoms with E-state index in [9.17, 15) is 4.79 Å². The summed E-state index contributed by atoms with van der Waals surface area (Å²) in [6.07, 6.45) is 0.858. The number of benzene rings is 1. The monoisotopic (exact) mass is 428 g/mol. The molecule has 0 aromatic heterocycles. The summed E-state index contributed by atoms with van der Waals surface area (Å²) in [5.74, 6) is 1.34. The quantitative estimate of drug-likeness (QED) is 0.338. The van der Waals surface area contributed by atoms with Gasteiger partial charge in [-0.3, -0.25) is 4.79 Å². The topological polar surface area (TPSA) is 75.2 Å². The summed E-state index contributed by atoms with van der Waals surface area (Å²) in [7, 11) is 5.09. The van der Waals surface area contributed by atoms with Gasteiger partial charge in [-0.1, -0.05) is 15.9 Å². The molecule has 2 N–H and O–H groups in total. The average molecular weight is 429 g/mol. The van der Waals surface area contributed by atoms with Gasteiger partial charge in [0.25, 0.3) is 0 Å². The lowest BCUT2D eigenvalue weighted by Gasteiger charge is -2.15. The fourth-order valence-electron chi connectivity index (χ4n) is 2.05. The normalized spacial score (nSPS) is 11.2. The second kappa shape index (κ2) is 12.5. The lowest BCUT2D eigenvalue weighted by Crippen LogP contribution is -2.43. The van der Waals surface area contributed by atoms with E-state index in [2.05, 4.69) is 31.6 Å².